The minimum Gasteiger partial charge on any atom is -0.352 e. The second-order valence-corrected chi connectivity index (χ2v) is 5.75. The lowest BCUT2D eigenvalue weighted by molar-refractivity contribution is 0.0953. The summed E-state index contributed by atoms with van der Waals surface area (Å²) in [6.07, 6.45) is 0.496. The second-order valence-electron chi connectivity index (χ2n) is 5.75. The molecule has 0 spiro atoms. The van der Waals surface area contributed by atoms with Crippen molar-refractivity contribution in [3.63, 3.8) is 0 Å². The van der Waals surface area contributed by atoms with Crippen LogP contribution in [0.3, 0.4) is 0 Å². The summed E-state index contributed by atoms with van der Waals surface area (Å²) in [5, 5.41) is 6.85. The number of carbonyl (C=O) groups excluding carboxylic acids is 1. The molecular weight excluding hydrogens is 302 g/mol. The lowest BCUT2D eigenvalue weighted by Gasteiger charge is -2.04. The summed E-state index contributed by atoms with van der Waals surface area (Å²) in [5.74, 6) is 0.974. The van der Waals surface area contributed by atoms with Gasteiger partial charge in [0.2, 0.25) is 11.7 Å². The van der Waals surface area contributed by atoms with E-state index in [9.17, 15) is 4.79 Å². The van der Waals surface area contributed by atoms with Gasteiger partial charge in [0.15, 0.2) is 0 Å². The van der Waals surface area contributed by atoms with Gasteiger partial charge in [0.1, 0.15) is 0 Å². The first-order valence-electron chi connectivity index (χ1n) is 7.86. The number of benzene rings is 2. The van der Waals surface area contributed by atoms with E-state index in [0.717, 1.165) is 11.1 Å². The highest BCUT2D eigenvalue weighted by molar-refractivity contribution is 5.94. The van der Waals surface area contributed by atoms with Crippen molar-refractivity contribution in [2.24, 2.45) is 0 Å². The zero-order valence-corrected chi connectivity index (χ0v) is 13.7. The molecule has 2 aromatic carbocycles. The van der Waals surface area contributed by atoms with Crippen molar-refractivity contribution >= 4 is 5.91 Å². The number of aromatic nitrogens is 2. The molecule has 3 rings (SSSR count). The van der Waals surface area contributed by atoms with Gasteiger partial charge in [0, 0.05) is 24.1 Å². The van der Waals surface area contributed by atoms with Crippen molar-refractivity contribution in [2.45, 2.75) is 20.3 Å². The number of rotatable bonds is 5. The molecule has 0 saturated heterocycles. The smallest absolute Gasteiger partial charge is 0.251 e. The normalized spacial score (nSPS) is 10.6. The fraction of sp³-hybridized carbons (Fsp3) is 0.211. The van der Waals surface area contributed by atoms with Crippen molar-refractivity contribution in [1.29, 1.82) is 0 Å². The van der Waals surface area contributed by atoms with Crippen molar-refractivity contribution < 1.29 is 9.32 Å². The lowest BCUT2D eigenvalue weighted by atomic mass is 10.1. The Morgan fingerprint density at radius 1 is 1.08 bits per heavy atom. The molecule has 1 amide bonds. The maximum atomic E-state index is 12.1. The monoisotopic (exact) mass is 321 g/mol. The molecule has 1 aromatic heterocycles. The Hall–Kier alpha value is -2.95. The second kappa shape index (κ2) is 7.08. The standard InChI is InChI=1S/C19H19N3O2/c1-13-6-8-15(9-7-13)18-21-17(24-22-18)10-11-20-19(23)16-5-3-4-14(2)12-16/h3-9,12H,10-11H2,1-2H3,(H,20,23). The van der Waals surface area contributed by atoms with E-state index in [2.05, 4.69) is 15.5 Å². The number of hydrogen-bond acceptors (Lipinski definition) is 4. The Kier molecular flexibility index (Phi) is 4.70. The number of carbonyl (C=O) groups is 1. The van der Waals surface area contributed by atoms with Gasteiger partial charge in [0.05, 0.1) is 0 Å². The molecule has 0 aliphatic rings. The molecule has 24 heavy (non-hydrogen) atoms. The largest absolute Gasteiger partial charge is 0.352 e. The maximum Gasteiger partial charge on any atom is 0.251 e. The van der Waals surface area contributed by atoms with Gasteiger partial charge >= 0.3 is 0 Å². The number of aryl methyl sites for hydroxylation is 2. The first-order valence-corrected chi connectivity index (χ1v) is 7.86. The van der Waals surface area contributed by atoms with Gasteiger partial charge in [-0.2, -0.15) is 4.98 Å². The first-order chi connectivity index (χ1) is 11.6. The van der Waals surface area contributed by atoms with E-state index in [1.54, 1.807) is 6.07 Å². The highest BCUT2D eigenvalue weighted by Crippen LogP contribution is 2.16. The SMILES string of the molecule is Cc1ccc(-c2noc(CCNC(=O)c3cccc(C)c3)n2)cc1. The van der Waals surface area contributed by atoms with Gasteiger partial charge in [-0.15, -0.1) is 0 Å². The Balaban J connectivity index is 1.56. The molecule has 1 N–H and O–H groups in total. The van der Waals surface area contributed by atoms with Crippen LogP contribution in [-0.2, 0) is 6.42 Å². The molecule has 0 radical (unpaired) electrons. The van der Waals surface area contributed by atoms with Crippen LogP contribution in [0.25, 0.3) is 11.4 Å². The van der Waals surface area contributed by atoms with Crippen LogP contribution in [0.15, 0.2) is 53.1 Å². The number of hydrogen-bond donors (Lipinski definition) is 1. The van der Waals surface area contributed by atoms with E-state index in [-0.39, 0.29) is 5.91 Å². The summed E-state index contributed by atoms with van der Waals surface area (Å²) in [4.78, 5) is 16.4. The summed E-state index contributed by atoms with van der Waals surface area (Å²) in [6.45, 7) is 4.44. The van der Waals surface area contributed by atoms with Crippen molar-refractivity contribution in [3.05, 3.63) is 71.1 Å². The molecule has 0 saturated carbocycles. The van der Waals surface area contributed by atoms with Crippen molar-refractivity contribution in [3.8, 4) is 11.4 Å². The third kappa shape index (κ3) is 3.87. The van der Waals surface area contributed by atoms with E-state index >= 15 is 0 Å². The third-order valence-electron chi connectivity index (χ3n) is 3.68. The topological polar surface area (TPSA) is 68.0 Å². The first kappa shape index (κ1) is 15.9. The van der Waals surface area contributed by atoms with Gasteiger partial charge in [0.25, 0.3) is 5.91 Å². The molecule has 5 nitrogen and oxygen atoms in total. The maximum absolute atomic E-state index is 12.1. The fourth-order valence-corrected chi connectivity index (χ4v) is 2.35. The summed E-state index contributed by atoms with van der Waals surface area (Å²) in [7, 11) is 0. The summed E-state index contributed by atoms with van der Waals surface area (Å²) < 4.78 is 5.24. The Morgan fingerprint density at radius 3 is 2.62 bits per heavy atom. The summed E-state index contributed by atoms with van der Waals surface area (Å²) in [5.41, 5.74) is 3.81. The number of amides is 1. The molecule has 1 heterocycles. The zero-order chi connectivity index (χ0) is 16.9. The quantitative estimate of drug-likeness (QED) is 0.782. The van der Waals surface area contributed by atoms with Crippen LogP contribution in [0.4, 0.5) is 0 Å². The van der Waals surface area contributed by atoms with Crippen LogP contribution in [0.2, 0.25) is 0 Å². The third-order valence-corrected chi connectivity index (χ3v) is 3.68. The van der Waals surface area contributed by atoms with E-state index in [1.165, 1.54) is 5.56 Å². The van der Waals surface area contributed by atoms with E-state index in [1.807, 2.05) is 56.3 Å². The fourth-order valence-electron chi connectivity index (χ4n) is 2.35. The summed E-state index contributed by atoms with van der Waals surface area (Å²) in [6, 6.07) is 15.4. The Bertz CT molecular complexity index is 838. The van der Waals surface area contributed by atoms with Gasteiger partial charge < -0.3 is 9.84 Å². The lowest BCUT2D eigenvalue weighted by Crippen LogP contribution is -2.25. The molecule has 0 unspecified atom stereocenters. The molecule has 5 heteroatoms. The molecular formula is C19H19N3O2. The predicted molar refractivity (Wildman–Crippen MR) is 91.7 cm³/mol. The van der Waals surface area contributed by atoms with E-state index in [4.69, 9.17) is 4.52 Å². The molecule has 0 aliphatic carbocycles. The van der Waals surface area contributed by atoms with Crippen LogP contribution in [0.1, 0.15) is 27.4 Å². The molecule has 3 aromatic rings. The van der Waals surface area contributed by atoms with Crippen molar-refractivity contribution in [2.75, 3.05) is 6.54 Å². The number of nitrogens with one attached hydrogen (secondary N) is 1. The Labute approximate surface area is 140 Å². The predicted octanol–water partition coefficient (Wildman–Crippen LogP) is 3.33. The van der Waals surface area contributed by atoms with Crippen LogP contribution >= 0.6 is 0 Å². The van der Waals surface area contributed by atoms with Gasteiger partial charge in [-0.3, -0.25) is 4.79 Å². The molecule has 0 fully saturated rings. The summed E-state index contributed by atoms with van der Waals surface area (Å²) >= 11 is 0. The highest BCUT2D eigenvalue weighted by Gasteiger charge is 2.10. The number of nitrogens with zero attached hydrogens (tertiary/aromatic N) is 2. The van der Waals surface area contributed by atoms with Gasteiger partial charge in [-0.1, -0.05) is 52.7 Å². The average Bonchev–Trinajstić information content (AvgIpc) is 3.04. The minimum absolute atomic E-state index is 0.100. The van der Waals surface area contributed by atoms with E-state index < -0.39 is 0 Å². The molecule has 0 aliphatic heterocycles. The zero-order valence-electron chi connectivity index (χ0n) is 13.7. The average molecular weight is 321 g/mol. The van der Waals surface area contributed by atoms with Crippen LogP contribution < -0.4 is 5.32 Å². The van der Waals surface area contributed by atoms with Crippen LogP contribution in [0.5, 0.6) is 0 Å². The van der Waals surface area contributed by atoms with Gasteiger partial charge in [-0.05, 0) is 26.0 Å². The minimum atomic E-state index is -0.100. The molecule has 122 valence electrons. The van der Waals surface area contributed by atoms with Crippen LogP contribution in [0, 0.1) is 13.8 Å². The molecule has 0 atom stereocenters. The van der Waals surface area contributed by atoms with Crippen LogP contribution in [-0.4, -0.2) is 22.6 Å². The molecule has 0 bridgehead atoms. The highest BCUT2D eigenvalue weighted by atomic mass is 16.5. The van der Waals surface area contributed by atoms with Gasteiger partial charge in [-0.25, -0.2) is 0 Å². The van der Waals surface area contributed by atoms with E-state index in [0.29, 0.717) is 30.2 Å². The Morgan fingerprint density at radius 2 is 1.88 bits per heavy atom. The van der Waals surface area contributed by atoms with Crippen molar-refractivity contribution in [1.82, 2.24) is 15.5 Å².